The van der Waals surface area contributed by atoms with Gasteiger partial charge in [-0.15, -0.1) is 0 Å². The molecule has 0 bridgehead atoms. The molecule has 0 radical (unpaired) electrons. The minimum Gasteiger partial charge on any atom is -0.497 e. The van der Waals surface area contributed by atoms with Crippen LogP contribution in [0.2, 0.25) is 0 Å². The Hall–Kier alpha value is -3.86. The van der Waals surface area contributed by atoms with E-state index in [4.69, 9.17) is 9.15 Å². The third-order valence-electron chi connectivity index (χ3n) is 4.87. The first-order chi connectivity index (χ1) is 14.5. The van der Waals surface area contributed by atoms with Crippen LogP contribution in [0.3, 0.4) is 0 Å². The molecule has 0 aliphatic rings. The van der Waals surface area contributed by atoms with Gasteiger partial charge in [-0.25, -0.2) is 0 Å². The Kier molecular flexibility index (Phi) is 5.35. The molecule has 4 rings (SSSR count). The number of hydrogen-bond acceptors (Lipinski definition) is 4. The molecule has 1 amide bonds. The standard InChI is InChI=1S/C25H21NO4/c1-16-3-7-18(8-4-16)24-15-22(27)21-14-19(9-12-23(21)30-24)26-25(28)13-17-5-10-20(29-2)11-6-17/h3-12,14-15H,13H2,1-2H3,(H,26,28). The molecule has 5 heteroatoms. The van der Waals surface area contributed by atoms with E-state index in [1.54, 1.807) is 25.3 Å². The van der Waals surface area contributed by atoms with Gasteiger partial charge in [0.15, 0.2) is 5.43 Å². The lowest BCUT2D eigenvalue weighted by Crippen LogP contribution is -2.14. The number of ether oxygens (including phenoxy) is 1. The van der Waals surface area contributed by atoms with E-state index in [2.05, 4.69) is 5.32 Å². The van der Waals surface area contributed by atoms with Crippen molar-refractivity contribution in [2.75, 3.05) is 12.4 Å². The van der Waals surface area contributed by atoms with Gasteiger partial charge in [0.1, 0.15) is 17.1 Å². The van der Waals surface area contributed by atoms with Gasteiger partial charge in [0.25, 0.3) is 0 Å². The molecule has 0 fully saturated rings. The number of benzene rings is 3. The molecule has 150 valence electrons. The molecule has 1 N–H and O–H groups in total. The second-order valence-corrected chi connectivity index (χ2v) is 7.12. The Morgan fingerprint density at radius 1 is 0.967 bits per heavy atom. The lowest BCUT2D eigenvalue weighted by molar-refractivity contribution is -0.115. The second-order valence-electron chi connectivity index (χ2n) is 7.12. The van der Waals surface area contributed by atoms with Crippen LogP contribution in [-0.2, 0) is 11.2 Å². The van der Waals surface area contributed by atoms with Crippen LogP contribution < -0.4 is 15.5 Å². The van der Waals surface area contributed by atoms with Gasteiger partial charge in [0.05, 0.1) is 18.9 Å². The number of amides is 1. The SMILES string of the molecule is COc1ccc(CC(=O)Nc2ccc3oc(-c4ccc(C)cc4)cc(=O)c3c2)cc1. The number of carbonyl (C=O) groups is 1. The fourth-order valence-electron chi connectivity index (χ4n) is 3.23. The highest BCUT2D eigenvalue weighted by Crippen LogP contribution is 2.24. The number of nitrogens with one attached hydrogen (secondary N) is 1. The Labute approximate surface area is 173 Å². The van der Waals surface area contributed by atoms with E-state index < -0.39 is 0 Å². The number of aryl methyl sites for hydroxylation is 1. The Morgan fingerprint density at radius 3 is 2.40 bits per heavy atom. The van der Waals surface area contributed by atoms with Gasteiger partial charge in [0.2, 0.25) is 5.91 Å². The van der Waals surface area contributed by atoms with Crippen LogP contribution in [0, 0.1) is 6.92 Å². The summed E-state index contributed by atoms with van der Waals surface area (Å²) in [4.78, 5) is 25.0. The molecule has 4 aromatic rings. The van der Waals surface area contributed by atoms with Crippen LogP contribution in [-0.4, -0.2) is 13.0 Å². The lowest BCUT2D eigenvalue weighted by atomic mass is 10.1. The van der Waals surface area contributed by atoms with Crippen molar-refractivity contribution in [2.24, 2.45) is 0 Å². The predicted octanol–water partition coefficient (Wildman–Crippen LogP) is 4.96. The molecular formula is C25H21NO4. The quantitative estimate of drug-likeness (QED) is 0.515. The number of fused-ring (bicyclic) bond motifs is 1. The maximum atomic E-state index is 12.6. The summed E-state index contributed by atoms with van der Waals surface area (Å²) in [6, 6.07) is 21.7. The van der Waals surface area contributed by atoms with E-state index in [0.717, 1.165) is 22.4 Å². The molecule has 1 heterocycles. The Morgan fingerprint density at radius 2 is 1.70 bits per heavy atom. The highest BCUT2D eigenvalue weighted by Gasteiger charge is 2.10. The van der Waals surface area contributed by atoms with Gasteiger partial charge in [-0.1, -0.05) is 42.0 Å². The molecule has 0 spiro atoms. The maximum Gasteiger partial charge on any atom is 0.228 e. The maximum absolute atomic E-state index is 12.6. The van der Waals surface area contributed by atoms with Crippen molar-refractivity contribution >= 4 is 22.6 Å². The van der Waals surface area contributed by atoms with Crippen LogP contribution in [0.15, 0.2) is 82.0 Å². The van der Waals surface area contributed by atoms with Crippen LogP contribution >= 0.6 is 0 Å². The molecule has 0 saturated carbocycles. The van der Waals surface area contributed by atoms with Crippen LogP contribution in [0.25, 0.3) is 22.3 Å². The zero-order valence-corrected chi connectivity index (χ0v) is 16.8. The van der Waals surface area contributed by atoms with Crippen molar-refractivity contribution in [1.82, 2.24) is 0 Å². The average molecular weight is 399 g/mol. The van der Waals surface area contributed by atoms with E-state index in [0.29, 0.717) is 22.4 Å². The molecule has 1 aromatic heterocycles. The van der Waals surface area contributed by atoms with E-state index in [-0.39, 0.29) is 17.8 Å². The summed E-state index contributed by atoms with van der Waals surface area (Å²) >= 11 is 0. The lowest BCUT2D eigenvalue weighted by Gasteiger charge is -2.08. The van der Waals surface area contributed by atoms with Crippen molar-refractivity contribution in [2.45, 2.75) is 13.3 Å². The number of hydrogen-bond donors (Lipinski definition) is 1. The molecule has 0 unspecified atom stereocenters. The largest absolute Gasteiger partial charge is 0.497 e. The summed E-state index contributed by atoms with van der Waals surface area (Å²) in [5.74, 6) is 1.09. The normalized spacial score (nSPS) is 10.7. The van der Waals surface area contributed by atoms with Crippen molar-refractivity contribution in [1.29, 1.82) is 0 Å². The number of rotatable bonds is 5. The minimum absolute atomic E-state index is 0.155. The monoisotopic (exact) mass is 399 g/mol. The zero-order valence-electron chi connectivity index (χ0n) is 16.8. The van der Waals surface area contributed by atoms with Gasteiger partial charge in [-0.05, 0) is 42.8 Å². The zero-order chi connectivity index (χ0) is 21.1. The van der Waals surface area contributed by atoms with E-state index >= 15 is 0 Å². The molecule has 0 aliphatic heterocycles. The van der Waals surface area contributed by atoms with Gasteiger partial charge < -0.3 is 14.5 Å². The fourth-order valence-corrected chi connectivity index (χ4v) is 3.23. The number of methoxy groups -OCH3 is 1. The summed E-state index contributed by atoms with van der Waals surface area (Å²) in [7, 11) is 1.60. The minimum atomic E-state index is -0.166. The molecule has 0 aliphatic carbocycles. The van der Waals surface area contributed by atoms with Gasteiger partial charge in [-0.3, -0.25) is 9.59 Å². The summed E-state index contributed by atoms with van der Waals surface area (Å²) in [5.41, 5.74) is 3.73. The predicted molar refractivity (Wildman–Crippen MR) is 118 cm³/mol. The van der Waals surface area contributed by atoms with E-state index in [1.807, 2.05) is 55.5 Å². The van der Waals surface area contributed by atoms with Gasteiger partial charge >= 0.3 is 0 Å². The molecular weight excluding hydrogens is 378 g/mol. The van der Waals surface area contributed by atoms with E-state index in [9.17, 15) is 9.59 Å². The van der Waals surface area contributed by atoms with Crippen LogP contribution in [0.4, 0.5) is 5.69 Å². The third kappa shape index (κ3) is 4.25. The van der Waals surface area contributed by atoms with Crippen molar-refractivity contribution in [3.05, 3.63) is 94.1 Å². The first-order valence-electron chi connectivity index (χ1n) is 9.59. The summed E-state index contributed by atoms with van der Waals surface area (Å²) in [5, 5.41) is 3.26. The summed E-state index contributed by atoms with van der Waals surface area (Å²) in [6.45, 7) is 2.00. The Bertz CT molecular complexity index is 1260. The van der Waals surface area contributed by atoms with Crippen molar-refractivity contribution in [3.63, 3.8) is 0 Å². The van der Waals surface area contributed by atoms with Crippen LogP contribution in [0.5, 0.6) is 5.75 Å². The molecule has 30 heavy (non-hydrogen) atoms. The first kappa shape index (κ1) is 19.5. The second kappa shape index (κ2) is 8.25. The highest BCUT2D eigenvalue weighted by molar-refractivity contribution is 5.94. The number of carbonyl (C=O) groups excluding carboxylic acids is 1. The number of anilines is 1. The molecule has 3 aromatic carbocycles. The smallest absolute Gasteiger partial charge is 0.228 e. The fraction of sp³-hybridized carbons (Fsp3) is 0.120. The van der Waals surface area contributed by atoms with Crippen LogP contribution in [0.1, 0.15) is 11.1 Å². The Balaban J connectivity index is 1.54. The summed E-state index contributed by atoms with van der Waals surface area (Å²) < 4.78 is 11.0. The average Bonchev–Trinajstić information content (AvgIpc) is 2.75. The van der Waals surface area contributed by atoms with Gasteiger partial charge in [0, 0.05) is 17.3 Å². The molecule has 5 nitrogen and oxygen atoms in total. The highest BCUT2D eigenvalue weighted by atomic mass is 16.5. The van der Waals surface area contributed by atoms with Gasteiger partial charge in [-0.2, -0.15) is 0 Å². The molecule has 0 saturated heterocycles. The summed E-state index contributed by atoms with van der Waals surface area (Å²) in [6.07, 6.45) is 0.225. The first-order valence-corrected chi connectivity index (χ1v) is 9.59. The van der Waals surface area contributed by atoms with E-state index in [1.165, 1.54) is 6.07 Å². The molecule has 0 atom stereocenters. The topological polar surface area (TPSA) is 68.5 Å². The third-order valence-corrected chi connectivity index (χ3v) is 4.87. The van der Waals surface area contributed by atoms with Crippen molar-refractivity contribution < 1.29 is 13.9 Å². The van der Waals surface area contributed by atoms with Crippen molar-refractivity contribution in [3.8, 4) is 17.1 Å².